The average molecular weight is 324 g/mol. The van der Waals surface area contributed by atoms with Crippen molar-refractivity contribution in [3.63, 3.8) is 0 Å². The molecule has 1 atom stereocenters. The maximum atomic E-state index is 13.6. The second kappa shape index (κ2) is 5.92. The Balaban J connectivity index is 1.66. The molecule has 7 heteroatoms. The first kappa shape index (κ1) is 14.6. The van der Waals surface area contributed by atoms with Crippen LogP contribution in [0.1, 0.15) is 30.0 Å². The molecule has 4 rings (SSSR count). The number of benzene rings is 1. The molecule has 6 nitrogen and oxygen atoms in total. The maximum absolute atomic E-state index is 13.6. The molecule has 1 aromatic carbocycles. The first-order valence-electron chi connectivity index (χ1n) is 7.88. The zero-order valence-corrected chi connectivity index (χ0v) is 13.0. The van der Waals surface area contributed by atoms with Crippen LogP contribution in [-0.4, -0.2) is 19.7 Å². The molecule has 1 aliphatic carbocycles. The van der Waals surface area contributed by atoms with E-state index in [0.717, 1.165) is 24.8 Å². The van der Waals surface area contributed by atoms with E-state index in [9.17, 15) is 4.39 Å². The number of nitrogen functional groups attached to an aromatic ring is 1. The van der Waals surface area contributed by atoms with Crippen LogP contribution in [0.3, 0.4) is 0 Å². The van der Waals surface area contributed by atoms with E-state index in [-0.39, 0.29) is 17.8 Å². The Kier molecular flexibility index (Phi) is 3.60. The van der Waals surface area contributed by atoms with Gasteiger partial charge in [0.15, 0.2) is 5.82 Å². The molecule has 0 fully saturated rings. The number of fused-ring (bicyclic) bond motifs is 1. The van der Waals surface area contributed by atoms with E-state index in [2.05, 4.69) is 20.4 Å². The number of nitrogens with zero attached hydrogens (tertiary/aromatic N) is 4. The fraction of sp³-hybridized carbons (Fsp3) is 0.235. The van der Waals surface area contributed by atoms with E-state index < -0.39 is 0 Å². The second-order valence-electron chi connectivity index (χ2n) is 5.85. The molecule has 0 spiro atoms. The molecular formula is C17H17FN6. The Morgan fingerprint density at radius 3 is 3.00 bits per heavy atom. The number of aromatic nitrogens is 4. The summed E-state index contributed by atoms with van der Waals surface area (Å²) in [5.74, 6) is 1.14. The molecular weight excluding hydrogens is 307 g/mol. The lowest BCUT2D eigenvalue weighted by Crippen LogP contribution is -2.19. The third-order valence-corrected chi connectivity index (χ3v) is 4.21. The van der Waals surface area contributed by atoms with Crippen molar-refractivity contribution in [2.75, 3.05) is 11.1 Å². The summed E-state index contributed by atoms with van der Waals surface area (Å²) >= 11 is 0. The van der Waals surface area contributed by atoms with Crippen molar-refractivity contribution in [2.45, 2.75) is 25.3 Å². The van der Waals surface area contributed by atoms with Gasteiger partial charge in [-0.15, -0.1) is 0 Å². The predicted molar refractivity (Wildman–Crippen MR) is 89.3 cm³/mol. The largest absolute Gasteiger partial charge is 0.368 e. The van der Waals surface area contributed by atoms with Crippen LogP contribution in [0.4, 0.5) is 16.2 Å². The normalized spacial score (nSPS) is 16.6. The third-order valence-electron chi connectivity index (χ3n) is 4.21. The molecule has 3 N–H and O–H groups in total. The number of aryl methyl sites for hydroxylation is 1. The Hall–Kier alpha value is -2.96. The highest BCUT2D eigenvalue weighted by Crippen LogP contribution is 2.32. The number of hydrogen-bond acceptors (Lipinski definition) is 5. The molecule has 2 aromatic heterocycles. The van der Waals surface area contributed by atoms with Crippen molar-refractivity contribution < 1.29 is 4.39 Å². The van der Waals surface area contributed by atoms with Gasteiger partial charge in [0.2, 0.25) is 5.95 Å². The van der Waals surface area contributed by atoms with Gasteiger partial charge in [-0.05, 0) is 48.6 Å². The first-order valence-corrected chi connectivity index (χ1v) is 7.88. The predicted octanol–water partition coefficient (Wildman–Crippen LogP) is 2.87. The van der Waals surface area contributed by atoms with Crippen LogP contribution in [-0.2, 0) is 6.42 Å². The number of hydrogen-bond donors (Lipinski definition) is 2. The number of anilines is 2. The molecule has 2 heterocycles. The lowest BCUT2D eigenvalue weighted by Gasteiger charge is -2.27. The maximum Gasteiger partial charge on any atom is 0.224 e. The average Bonchev–Trinajstić information content (AvgIpc) is 3.09. The number of nitrogens with one attached hydrogen (secondary N) is 1. The minimum absolute atomic E-state index is 0.00391. The van der Waals surface area contributed by atoms with E-state index in [4.69, 9.17) is 5.73 Å². The van der Waals surface area contributed by atoms with Crippen LogP contribution in [0.5, 0.6) is 0 Å². The van der Waals surface area contributed by atoms with Crippen molar-refractivity contribution >= 4 is 11.8 Å². The molecule has 24 heavy (non-hydrogen) atoms. The standard InChI is InChI=1S/C17H17FN6/c18-12-6-5-11-3-1-4-14(13(11)9-12)21-15-10-16(23-17(19)22-15)24-8-2-7-20-24/h2,5-10,14H,1,3-4H2,(H3,19,21,22,23). The van der Waals surface area contributed by atoms with Crippen molar-refractivity contribution in [3.05, 3.63) is 59.7 Å². The van der Waals surface area contributed by atoms with Gasteiger partial charge in [-0.25, -0.2) is 9.07 Å². The topological polar surface area (TPSA) is 81.6 Å². The van der Waals surface area contributed by atoms with Gasteiger partial charge in [0, 0.05) is 18.5 Å². The summed E-state index contributed by atoms with van der Waals surface area (Å²) in [5.41, 5.74) is 7.99. The number of halogens is 1. The minimum Gasteiger partial charge on any atom is -0.368 e. The SMILES string of the molecule is Nc1nc(NC2CCCc3ccc(F)cc32)cc(-n2cccn2)n1. The van der Waals surface area contributed by atoms with Crippen molar-refractivity contribution in [1.82, 2.24) is 19.7 Å². The molecule has 0 aliphatic heterocycles. The van der Waals surface area contributed by atoms with Crippen LogP contribution in [0.15, 0.2) is 42.7 Å². The molecule has 0 radical (unpaired) electrons. The quantitative estimate of drug-likeness (QED) is 0.774. The van der Waals surface area contributed by atoms with Crippen molar-refractivity contribution in [3.8, 4) is 5.82 Å². The second-order valence-corrected chi connectivity index (χ2v) is 5.85. The van der Waals surface area contributed by atoms with E-state index in [1.54, 1.807) is 29.2 Å². The summed E-state index contributed by atoms with van der Waals surface area (Å²) in [6, 6.07) is 8.58. The van der Waals surface area contributed by atoms with Crippen molar-refractivity contribution in [2.24, 2.45) is 0 Å². The van der Waals surface area contributed by atoms with Crippen LogP contribution < -0.4 is 11.1 Å². The first-order chi connectivity index (χ1) is 11.7. The van der Waals surface area contributed by atoms with Gasteiger partial charge in [-0.2, -0.15) is 15.1 Å². The summed E-state index contributed by atoms with van der Waals surface area (Å²) < 4.78 is 15.3. The Morgan fingerprint density at radius 2 is 2.17 bits per heavy atom. The summed E-state index contributed by atoms with van der Waals surface area (Å²) in [5, 5.41) is 7.53. The lowest BCUT2D eigenvalue weighted by molar-refractivity contribution is 0.578. The van der Waals surface area contributed by atoms with E-state index in [1.165, 1.54) is 11.6 Å². The Bertz CT molecular complexity index is 862. The third kappa shape index (κ3) is 2.80. The molecule has 3 aromatic rings. The van der Waals surface area contributed by atoms with Crippen LogP contribution in [0, 0.1) is 5.82 Å². The lowest BCUT2D eigenvalue weighted by atomic mass is 9.87. The fourth-order valence-corrected chi connectivity index (χ4v) is 3.15. The molecule has 0 bridgehead atoms. The van der Waals surface area contributed by atoms with Gasteiger partial charge < -0.3 is 11.1 Å². The minimum atomic E-state index is -0.220. The van der Waals surface area contributed by atoms with Gasteiger partial charge in [-0.3, -0.25) is 0 Å². The molecule has 1 aliphatic rings. The van der Waals surface area contributed by atoms with Crippen LogP contribution in [0.2, 0.25) is 0 Å². The highest BCUT2D eigenvalue weighted by Gasteiger charge is 2.21. The van der Waals surface area contributed by atoms with Gasteiger partial charge in [-0.1, -0.05) is 6.07 Å². The van der Waals surface area contributed by atoms with Crippen LogP contribution >= 0.6 is 0 Å². The molecule has 0 saturated carbocycles. The van der Waals surface area contributed by atoms with Crippen molar-refractivity contribution in [1.29, 1.82) is 0 Å². The zero-order chi connectivity index (χ0) is 16.5. The number of nitrogens with two attached hydrogens (primary N) is 1. The number of rotatable bonds is 3. The summed E-state index contributed by atoms with van der Waals surface area (Å²) in [6.45, 7) is 0. The molecule has 1 unspecified atom stereocenters. The van der Waals surface area contributed by atoms with Crippen LogP contribution in [0.25, 0.3) is 5.82 Å². The van der Waals surface area contributed by atoms with E-state index in [1.807, 2.05) is 12.1 Å². The Morgan fingerprint density at radius 1 is 1.25 bits per heavy atom. The fourth-order valence-electron chi connectivity index (χ4n) is 3.15. The summed E-state index contributed by atoms with van der Waals surface area (Å²) in [7, 11) is 0. The monoisotopic (exact) mass is 324 g/mol. The summed E-state index contributed by atoms with van der Waals surface area (Å²) in [4.78, 5) is 8.45. The Labute approximate surface area is 138 Å². The molecule has 122 valence electrons. The smallest absolute Gasteiger partial charge is 0.224 e. The van der Waals surface area contributed by atoms with Gasteiger partial charge >= 0.3 is 0 Å². The van der Waals surface area contributed by atoms with E-state index >= 15 is 0 Å². The van der Waals surface area contributed by atoms with Gasteiger partial charge in [0.05, 0.1) is 6.04 Å². The zero-order valence-electron chi connectivity index (χ0n) is 13.0. The highest BCUT2D eigenvalue weighted by atomic mass is 19.1. The summed E-state index contributed by atoms with van der Waals surface area (Å²) in [6.07, 6.45) is 6.39. The molecule has 0 saturated heterocycles. The van der Waals surface area contributed by atoms with Gasteiger partial charge in [0.25, 0.3) is 0 Å². The van der Waals surface area contributed by atoms with Gasteiger partial charge in [0.1, 0.15) is 11.6 Å². The molecule has 0 amide bonds. The highest BCUT2D eigenvalue weighted by molar-refractivity contribution is 5.48. The van der Waals surface area contributed by atoms with E-state index in [0.29, 0.717) is 11.6 Å².